The molecule has 0 amide bonds. The summed E-state index contributed by atoms with van der Waals surface area (Å²) < 4.78 is 12.8. The van der Waals surface area contributed by atoms with Crippen LogP contribution in [0.2, 0.25) is 5.02 Å². The summed E-state index contributed by atoms with van der Waals surface area (Å²) in [6, 6.07) is 5.01. The van der Waals surface area contributed by atoms with Crippen LogP contribution in [0.3, 0.4) is 0 Å². The van der Waals surface area contributed by atoms with Gasteiger partial charge in [-0.2, -0.15) is 0 Å². The minimum Gasteiger partial charge on any atom is -0.381 e. The van der Waals surface area contributed by atoms with E-state index in [0.29, 0.717) is 11.1 Å². The van der Waals surface area contributed by atoms with E-state index in [1.165, 1.54) is 44.2 Å². The SMILES string of the molecule is Fc1ccc(NC2CCCCC2)c(Cl)c1. The summed E-state index contributed by atoms with van der Waals surface area (Å²) in [4.78, 5) is 0. The Morgan fingerprint density at radius 2 is 1.93 bits per heavy atom. The maximum Gasteiger partial charge on any atom is 0.124 e. The van der Waals surface area contributed by atoms with Gasteiger partial charge in [-0.15, -0.1) is 0 Å². The first-order valence-electron chi connectivity index (χ1n) is 5.47. The van der Waals surface area contributed by atoms with Gasteiger partial charge in [-0.3, -0.25) is 0 Å². The fourth-order valence-electron chi connectivity index (χ4n) is 2.07. The highest BCUT2D eigenvalue weighted by molar-refractivity contribution is 6.33. The van der Waals surface area contributed by atoms with Gasteiger partial charge in [0.2, 0.25) is 0 Å². The average molecular weight is 228 g/mol. The monoisotopic (exact) mass is 227 g/mol. The van der Waals surface area contributed by atoms with Crippen LogP contribution in [0.15, 0.2) is 18.2 Å². The van der Waals surface area contributed by atoms with Crippen molar-refractivity contribution in [3.05, 3.63) is 29.0 Å². The van der Waals surface area contributed by atoms with E-state index in [1.54, 1.807) is 6.07 Å². The molecule has 0 bridgehead atoms. The molecule has 0 unspecified atom stereocenters. The fourth-order valence-corrected chi connectivity index (χ4v) is 2.30. The molecule has 1 fully saturated rings. The van der Waals surface area contributed by atoms with E-state index in [4.69, 9.17) is 11.6 Å². The van der Waals surface area contributed by atoms with Crippen LogP contribution in [0, 0.1) is 5.82 Å². The van der Waals surface area contributed by atoms with E-state index in [2.05, 4.69) is 5.32 Å². The summed E-state index contributed by atoms with van der Waals surface area (Å²) >= 11 is 5.95. The van der Waals surface area contributed by atoms with Crippen molar-refractivity contribution in [2.24, 2.45) is 0 Å². The predicted molar refractivity (Wildman–Crippen MR) is 61.9 cm³/mol. The van der Waals surface area contributed by atoms with Crippen LogP contribution in [0.4, 0.5) is 10.1 Å². The Balaban J connectivity index is 2.03. The van der Waals surface area contributed by atoms with Gasteiger partial charge >= 0.3 is 0 Å². The van der Waals surface area contributed by atoms with Crippen LogP contribution >= 0.6 is 11.6 Å². The second-order valence-electron chi connectivity index (χ2n) is 4.10. The molecular weight excluding hydrogens is 213 g/mol. The Morgan fingerprint density at radius 3 is 2.60 bits per heavy atom. The van der Waals surface area contributed by atoms with Crippen LogP contribution in [-0.2, 0) is 0 Å². The minimum atomic E-state index is -0.283. The lowest BCUT2D eigenvalue weighted by Crippen LogP contribution is -2.22. The van der Waals surface area contributed by atoms with Crippen LogP contribution in [0.25, 0.3) is 0 Å². The largest absolute Gasteiger partial charge is 0.381 e. The molecule has 1 N–H and O–H groups in total. The van der Waals surface area contributed by atoms with Crippen molar-refractivity contribution >= 4 is 17.3 Å². The molecule has 1 aliphatic rings. The third-order valence-corrected chi connectivity index (χ3v) is 3.21. The number of halogens is 2. The maximum absolute atomic E-state index is 12.8. The van der Waals surface area contributed by atoms with Crippen LogP contribution in [0.5, 0.6) is 0 Å². The van der Waals surface area contributed by atoms with E-state index in [1.807, 2.05) is 0 Å². The molecular formula is C12H15ClFN. The van der Waals surface area contributed by atoms with Gasteiger partial charge in [0.25, 0.3) is 0 Å². The van der Waals surface area contributed by atoms with Gasteiger partial charge in [0.1, 0.15) is 5.82 Å². The number of nitrogens with one attached hydrogen (secondary N) is 1. The van der Waals surface area contributed by atoms with Gasteiger partial charge in [-0.1, -0.05) is 30.9 Å². The summed E-state index contributed by atoms with van der Waals surface area (Å²) in [7, 11) is 0. The van der Waals surface area contributed by atoms with Crippen LogP contribution in [0.1, 0.15) is 32.1 Å². The van der Waals surface area contributed by atoms with Gasteiger partial charge in [0.05, 0.1) is 10.7 Å². The highest BCUT2D eigenvalue weighted by atomic mass is 35.5. The average Bonchev–Trinajstić information content (AvgIpc) is 2.24. The Bertz CT molecular complexity index is 334. The predicted octanol–water partition coefficient (Wildman–Crippen LogP) is 4.22. The van der Waals surface area contributed by atoms with Crippen molar-refractivity contribution in [2.45, 2.75) is 38.1 Å². The van der Waals surface area contributed by atoms with E-state index in [-0.39, 0.29) is 5.82 Å². The smallest absolute Gasteiger partial charge is 0.124 e. The first kappa shape index (κ1) is 10.7. The van der Waals surface area contributed by atoms with E-state index in [0.717, 1.165) is 5.69 Å². The quantitative estimate of drug-likeness (QED) is 0.798. The van der Waals surface area contributed by atoms with Crippen molar-refractivity contribution in [2.75, 3.05) is 5.32 Å². The normalized spacial score (nSPS) is 17.7. The second kappa shape index (κ2) is 4.84. The van der Waals surface area contributed by atoms with Gasteiger partial charge in [-0.05, 0) is 31.0 Å². The first-order chi connectivity index (χ1) is 7.25. The van der Waals surface area contributed by atoms with Crippen molar-refractivity contribution in [1.82, 2.24) is 0 Å². The third-order valence-electron chi connectivity index (χ3n) is 2.90. The summed E-state index contributed by atoms with van der Waals surface area (Å²) in [6.45, 7) is 0. The minimum absolute atomic E-state index is 0.283. The molecule has 0 radical (unpaired) electrons. The summed E-state index contributed by atoms with van der Waals surface area (Å²) in [5, 5.41) is 3.85. The van der Waals surface area contributed by atoms with Gasteiger partial charge in [0.15, 0.2) is 0 Å². The maximum atomic E-state index is 12.8. The number of hydrogen-bond donors (Lipinski definition) is 1. The Kier molecular flexibility index (Phi) is 3.47. The standard InChI is InChI=1S/C12H15ClFN/c13-11-8-9(14)6-7-12(11)15-10-4-2-1-3-5-10/h6-8,10,15H,1-5H2. The zero-order valence-corrected chi connectivity index (χ0v) is 9.36. The highest BCUT2D eigenvalue weighted by Crippen LogP contribution is 2.27. The zero-order valence-electron chi connectivity index (χ0n) is 8.60. The Hall–Kier alpha value is -0.760. The molecule has 3 heteroatoms. The molecule has 0 atom stereocenters. The zero-order chi connectivity index (χ0) is 10.7. The topological polar surface area (TPSA) is 12.0 Å². The molecule has 82 valence electrons. The molecule has 0 aromatic heterocycles. The molecule has 0 heterocycles. The summed E-state index contributed by atoms with van der Waals surface area (Å²) in [5.41, 5.74) is 0.852. The van der Waals surface area contributed by atoms with E-state index < -0.39 is 0 Å². The number of rotatable bonds is 2. The lowest BCUT2D eigenvalue weighted by Gasteiger charge is -2.24. The highest BCUT2D eigenvalue weighted by Gasteiger charge is 2.14. The van der Waals surface area contributed by atoms with Gasteiger partial charge in [-0.25, -0.2) is 4.39 Å². The van der Waals surface area contributed by atoms with E-state index >= 15 is 0 Å². The molecule has 15 heavy (non-hydrogen) atoms. The lowest BCUT2D eigenvalue weighted by atomic mass is 9.95. The summed E-state index contributed by atoms with van der Waals surface area (Å²) in [6.07, 6.45) is 6.25. The second-order valence-corrected chi connectivity index (χ2v) is 4.51. The van der Waals surface area contributed by atoms with Crippen molar-refractivity contribution < 1.29 is 4.39 Å². The van der Waals surface area contributed by atoms with Crippen molar-refractivity contribution in [3.63, 3.8) is 0 Å². The van der Waals surface area contributed by atoms with E-state index in [9.17, 15) is 4.39 Å². The van der Waals surface area contributed by atoms with Gasteiger partial charge in [0, 0.05) is 6.04 Å². The Morgan fingerprint density at radius 1 is 1.20 bits per heavy atom. The lowest BCUT2D eigenvalue weighted by molar-refractivity contribution is 0.462. The molecule has 0 spiro atoms. The van der Waals surface area contributed by atoms with Crippen LogP contribution < -0.4 is 5.32 Å². The number of benzene rings is 1. The van der Waals surface area contributed by atoms with Gasteiger partial charge < -0.3 is 5.32 Å². The summed E-state index contributed by atoms with van der Waals surface area (Å²) in [5.74, 6) is -0.283. The number of anilines is 1. The molecule has 1 saturated carbocycles. The fraction of sp³-hybridized carbons (Fsp3) is 0.500. The molecule has 0 saturated heterocycles. The number of hydrogen-bond acceptors (Lipinski definition) is 1. The molecule has 1 nitrogen and oxygen atoms in total. The molecule has 1 aromatic carbocycles. The third kappa shape index (κ3) is 2.85. The first-order valence-corrected chi connectivity index (χ1v) is 5.85. The Labute approximate surface area is 94.6 Å². The van der Waals surface area contributed by atoms with Crippen LogP contribution in [-0.4, -0.2) is 6.04 Å². The molecule has 1 aromatic rings. The molecule has 1 aliphatic carbocycles. The molecule has 0 aliphatic heterocycles. The molecule has 2 rings (SSSR count). The van der Waals surface area contributed by atoms with Crippen molar-refractivity contribution in [1.29, 1.82) is 0 Å². The van der Waals surface area contributed by atoms with Crippen molar-refractivity contribution in [3.8, 4) is 0 Å².